The number of nitro benzene ring substituents is 1. The maximum atomic E-state index is 13.4. The van der Waals surface area contributed by atoms with Crippen molar-refractivity contribution in [2.75, 3.05) is 49.1 Å². The zero-order chi connectivity index (χ0) is 23.4. The van der Waals surface area contributed by atoms with Crippen molar-refractivity contribution in [1.82, 2.24) is 10.2 Å². The van der Waals surface area contributed by atoms with Gasteiger partial charge in [-0.05, 0) is 61.8 Å². The van der Waals surface area contributed by atoms with Crippen molar-refractivity contribution in [3.8, 4) is 0 Å². The average Bonchev–Trinajstić information content (AvgIpc) is 2.84. The highest BCUT2D eigenvalue weighted by Crippen LogP contribution is 2.34. The van der Waals surface area contributed by atoms with Crippen LogP contribution in [0.25, 0.3) is 0 Å². The monoisotopic (exact) mass is 471 g/mol. The maximum Gasteiger partial charge on any atom is 0.292 e. The van der Waals surface area contributed by atoms with Gasteiger partial charge >= 0.3 is 0 Å². The Morgan fingerprint density at radius 3 is 2.36 bits per heavy atom. The first-order valence-corrected chi connectivity index (χ1v) is 11.5. The summed E-state index contributed by atoms with van der Waals surface area (Å²) in [4.78, 5) is 29.8. The van der Waals surface area contributed by atoms with Crippen molar-refractivity contribution >= 4 is 40.3 Å². The molecular formula is C23H26FN5O3S. The molecule has 2 aliphatic rings. The van der Waals surface area contributed by atoms with E-state index < -0.39 is 11.7 Å². The lowest BCUT2D eigenvalue weighted by atomic mass is 10.1. The molecule has 1 N–H and O–H groups in total. The molecule has 174 valence electrons. The van der Waals surface area contributed by atoms with Gasteiger partial charge in [-0.2, -0.15) is 0 Å². The third-order valence-electron chi connectivity index (χ3n) is 6.09. The zero-order valence-corrected chi connectivity index (χ0v) is 19.0. The second-order valence-electron chi connectivity index (χ2n) is 8.22. The molecule has 0 spiro atoms. The summed E-state index contributed by atoms with van der Waals surface area (Å²) < 4.78 is 13.4. The smallest absolute Gasteiger partial charge is 0.292 e. The normalized spacial score (nSPS) is 16.5. The molecule has 2 aromatic rings. The lowest BCUT2D eigenvalue weighted by Gasteiger charge is -2.37. The zero-order valence-electron chi connectivity index (χ0n) is 18.2. The van der Waals surface area contributed by atoms with Crippen LogP contribution < -0.4 is 15.1 Å². The summed E-state index contributed by atoms with van der Waals surface area (Å²) in [7, 11) is 0. The Balaban J connectivity index is 1.39. The number of thiocarbonyl (C=S) groups is 1. The molecule has 0 radical (unpaired) electrons. The van der Waals surface area contributed by atoms with Crippen molar-refractivity contribution in [3.63, 3.8) is 0 Å². The number of rotatable bonds is 4. The van der Waals surface area contributed by atoms with Crippen molar-refractivity contribution in [2.24, 2.45) is 0 Å². The highest BCUT2D eigenvalue weighted by Gasteiger charge is 2.25. The number of nitrogens with zero attached hydrogens (tertiary/aromatic N) is 4. The lowest BCUT2D eigenvalue weighted by molar-refractivity contribution is -0.384. The van der Waals surface area contributed by atoms with Gasteiger partial charge < -0.3 is 14.7 Å². The second kappa shape index (κ2) is 10.1. The first-order chi connectivity index (χ1) is 15.9. The molecule has 2 aliphatic heterocycles. The number of benzene rings is 2. The highest BCUT2D eigenvalue weighted by atomic mass is 32.1. The van der Waals surface area contributed by atoms with Crippen LogP contribution in [0.1, 0.15) is 29.6 Å². The molecule has 0 bridgehead atoms. The van der Waals surface area contributed by atoms with Gasteiger partial charge in [-0.25, -0.2) is 4.39 Å². The van der Waals surface area contributed by atoms with E-state index >= 15 is 0 Å². The van der Waals surface area contributed by atoms with Crippen molar-refractivity contribution in [1.29, 1.82) is 0 Å². The molecule has 0 atom stereocenters. The largest absolute Gasteiger partial charge is 0.368 e. The Morgan fingerprint density at radius 2 is 1.70 bits per heavy atom. The number of nitrogens with one attached hydrogen (secondary N) is 1. The summed E-state index contributed by atoms with van der Waals surface area (Å²) in [6.45, 7) is 4.17. The van der Waals surface area contributed by atoms with Crippen LogP contribution in [0, 0.1) is 15.9 Å². The topological polar surface area (TPSA) is 82.0 Å². The van der Waals surface area contributed by atoms with Gasteiger partial charge in [0.15, 0.2) is 5.11 Å². The van der Waals surface area contributed by atoms with E-state index in [2.05, 4.69) is 15.1 Å². The number of carbonyl (C=O) groups is 1. The molecule has 0 saturated carbocycles. The van der Waals surface area contributed by atoms with E-state index in [9.17, 15) is 19.3 Å². The fourth-order valence-electron chi connectivity index (χ4n) is 4.30. The van der Waals surface area contributed by atoms with Crippen LogP contribution in [0.3, 0.4) is 0 Å². The van der Waals surface area contributed by atoms with Crippen LogP contribution in [0.5, 0.6) is 0 Å². The number of anilines is 2. The summed E-state index contributed by atoms with van der Waals surface area (Å²) in [6, 6.07) is 10.8. The molecule has 0 unspecified atom stereocenters. The Bertz CT molecular complexity index is 1050. The van der Waals surface area contributed by atoms with Crippen LogP contribution in [0.4, 0.5) is 21.5 Å². The number of nitro groups is 1. The Labute approximate surface area is 197 Å². The first kappa shape index (κ1) is 22.9. The summed E-state index contributed by atoms with van der Waals surface area (Å²) in [5.74, 6) is -0.919. The van der Waals surface area contributed by atoms with Gasteiger partial charge in [0.1, 0.15) is 11.5 Å². The summed E-state index contributed by atoms with van der Waals surface area (Å²) in [5.41, 5.74) is 1.97. The maximum absolute atomic E-state index is 13.4. The van der Waals surface area contributed by atoms with Crippen LogP contribution in [0.15, 0.2) is 42.5 Å². The third kappa shape index (κ3) is 5.39. The summed E-state index contributed by atoms with van der Waals surface area (Å²) in [5, 5.41) is 14.5. The van der Waals surface area contributed by atoms with Crippen LogP contribution in [-0.2, 0) is 0 Å². The van der Waals surface area contributed by atoms with E-state index in [0.717, 1.165) is 38.0 Å². The molecule has 0 aliphatic carbocycles. The number of hydrogen-bond acceptors (Lipinski definition) is 6. The molecule has 4 rings (SSSR count). The van der Waals surface area contributed by atoms with Crippen molar-refractivity contribution in [3.05, 3.63) is 64.0 Å². The number of piperazine rings is 1. The summed E-state index contributed by atoms with van der Waals surface area (Å²) in [6.07, 6.45) is 3.24. The number of carbonyl (C=O) groups excluding carboxylic acids is 1. The Kier molecular flexibility index (Phi) is 7.02. The van der Waals surface area contributed by atoms with Gasteiger partial charge in [0, 0.05) is 56.6 Å². The minimum Gasteiger partial charge on any atom is -0.368 e. The molecule has 2 fully saturated rings. The molecule has 2 aromatic carbocycles. The Morgan fingerprint density at radius 1 is 0.970 bits per heavy atom. The molecule has 2 heterocycles. The molecule has 8 nitrogen and oxygen atoms in total. The second-order valence-corrected chi connectivity index (χ2v) is 8.61. The van der Waals surface area contributed by atoms with Crippen LogP contribution >= 0.6 is 12.2 Å². The Hall–Kier alpha value is -3.27. The molecule has 2 saturated heterocycles. The minimum atomic E-state index is -0.478. The predicted octanol–water partition coefficient (Wildman–Crippen LogP) is 3.56. The van der Waals surface area contributed by atoms with E-state index in [0.29, 0.717) is 37.0 Å². The van der Waals surface area contributed by atoms with Crippen molar-refractivity contribution < 1.29 is 14.1 Å². The van der Waals surface area contributed by atoms with Crippen LogP contribution in [0.2, 0.25) is 0 Å². The van der Waals surface area contributed by atoms with E-state index in [1.165, 1.54) is 24.3 Å². The number of piperidine rings is 1. The van der Waals surface area contributed by atoms with E-state index in [-0.39, 0.29) is 16.2 Å². The third-order valence-corrected chi connectivity index (χ3v) is 6.45. The molecule has 0 aromatic heterocycles. The average molecular weight is 472 g/mol. The molecule has 1 amide bonds. The van der Waals surface area contributed by atoms with Gasteiger partial charge in [-0.1, -0.05) is 6.07 Å². The van der Waals surface area contributed by atoms with Gasteiger partial charge in [-0.15, -0.1) is 0 Å². The fourth-order valence-corrected chi connectivity index (χ4v) is 4.57. The fraction of sp³-hybridized carbons (Fsp3) is 0.391. The van der Waals surface area contributed by atoms with Crippen molar-refractivity contribution in [2.45, 2.75) is 19.3 Å². The van der Waals surface area contributed by atoms with Gasteiger partial charge in [-0.3, -0.25) is 20.2 Å². The molecule has 10 heteroatoms. The van der Waals surface area contributed by atoms with Gasteiger partial charge in [0.2, 0.25) is 0 Å². The standard InChI is InChI=1S/C23H26FN5O3S/c24-18-6-4-5-17(15-18)22(30)25-23(33)28-13-11-26(12-14-28)19-7-8-20(29(31)32)21(16-19)27-9-2-1-3-10-27/h4-8,15-16H,1-3,9-14H2,(H,25,30,33). The highest BCUT2D eigenvalue weighted by molar-refractivity contribution is 7.80. The SMILES string of the molecule is O=C(NC(=S)N1CCN(c2ccc([N+](=O)[O-])c(N3CCCCC3)c2)CC1)c1cccc(F)c1. The van der Waals surface area contributed by atoms with E-state index in [4.69, 9.17) is 12.2 Å². The first-order valence-electron chi connectivity index (χ1n) is 11.1. The summed E-state index contributed by atoms with van der Waals surface area (Å²) >= 11 is 5.39. The number of amides is 1. The number of halogens is 1. The predicted molar refractivity (Wildman–Crippen MR) is 129 cm³/mol. The lowest BCUT2D eigenvalue weighted by Crippen LogP contribution is -2.52. The number of hydrogen-bond donors (Lipinski definition) is 1. The van der Waals surface area contributed by atoms with Gasteiger partial charge in [0.05, 0.1) is 4.92 Å². The molecular weight excluding hydrogens is 445 g/mol. The minimum absolute atomic E-state index is 0.139. The van der Waals surface area contributed by atoms with Crippen LogP contribution in [-0.4, -0.2) is 60.1 Å². The van der Waals surface area contributed by atoms with Gasteiger partial charge in [0.25, 0.3) is 11.6 Å². The quantitative estimate of drug-likeness (QED) is 0.415. The van der Waals surface area contributed by atoms with E-state index in [1.807, 2.05) is 11.0 Å². The van der Waals surface area contributed by atoms with E-state index in [1.54, 1.807) is 12.1 Å². The molecule has 33 heavy (non-hydrogen) atoms.